The standard InChI is InChI=1S/C29H26F2N6O3S/c1-16-15-41-26(34-16)23-12-22(31)14-37(23)27(38)20-10-18(24-33-7-8-39-24)9-19(11-20)25-35-36-28(40-25)29(2,32)13-17-3-5-21(30)6-4-17/h3-11,15,22-23H,12-14,32H2,1-2H3/t22-,23+,29+/m0/s1. The van der Waals surface area contributed by atoms with Crippen molar-refractivity contribution in [2.45, 2.75) is 44.4 Å². The maximum Gasteiger partial charge on any atom is 0.254 e. The van der Waals surface area contributed by atoms with Gasteiger partial charge in [0.1, 0.15) is 23.3 Å². The fourth-order valence-electron chi connectivity index (χ4n) is 4.97. The number of hydrogen-bond donors (Lipinski definition) is 1. The van der Waals surface area contributed by atoms with Crippen molar-refractivity contribution in [3.05, 3.63) is 93.8 Å². The summed E-state index contributed by atoms with van der Waals surface area (Å²) in [4.78, 5) is 24.1. The number of rotatable bonds is 7. The number of alkyl halides is 1. The van der Waals surface area contributed by atoms with Gasteiger partial charge in [-0.15, -0.1) is 21.5 Å². The summed E-state index contributed by atoms with van der Waals surface area (Å²) in [5, 5.41) is 11.0. The molecule has 2 aromatic carbocycles. The smallest absolute Gasteiger partial charge is 0.254 e. The van der Waals surface area contributed by atoms with E-state index in [0.29, 0.717) is 22.6 Å². The summed E-state index contributed by atoms with van der Waals surface area (Å²) in [6, 6.07) is 10.5. The van der Waals surface area contributed by atoms with Crippen LogP contribution in [-0.2, 0) is 12.0 Å². The summed E-state index contributed by atoms with van der Waals surface area (Å²) in [6.07, 6.45) is 2.27. The maximum absolute atomic E-state index is 14.6. The molecule has 0 unspecified atom stereocenters. The molecule has 0 spiro atoms. The molecule has 4 heterocycles. The van der Waals surface area contributed by atoms with Gasteiger partial charge in [-0.25, -0.2) is 18.7 Å². The van der Waals surface area contributed by atoms with Gasteiger partial charge in [0, 0.05) is 34.2 Å². The normalized spacial score (nSPS) is 18.5. The zero-order valence-corrected chi connectivity index (χ0v) is 23.1. The topological polar surface area (TPSA) is 124 Å². The third-order valence-electron chi connectivity index (χ3n) is 6.94. The molecule has 1 saturated heterocycles. The van der Waals surface area contributed by atoms with Crippen LogP contribution in [-0.4, -0.2) is 43.7 Å². The molecule has 9 nitrogen and oxygen atoms in total. The van der Waals surface area contributed by atoms with Crippen molar-refractivity contribution in [3.8, 4) is 22.9 Å². The van der Waals surface area contributed by atoms with Gasteiger partial charge < -0.3 is 19.5 Å². The number of thiazole rings is 1. The fourth-order valence-corrected chi connectivity index (χ4v) is 5.89. The van der Waals surface area contributed by atoms with Crippen molar-refractivity contribution >= 4 is 17.2 Å². The minimum Gasteiger partial charge on any atom is -0.445 e. The number of nitrogens with zero attached hydrogens (tertiary/aromatic N) is 5. The highest BCUT2D eigenvalue weighted by atomic mass is 32.1. The summed E-state index contributed by atoms with van der Waals surface area (Å²) >= 11 is 1.41. The Bertz CT molecular complexity index is 1680. The van der Waals surface area contributed by atoms with E-state index in [0.717, 1.165) is 11.3 Å². The van der Waals surface area contributed by atoms with Crippen LogP contribution in [0.25, 0.3) is 22.9 Å². The average molecular weight is 577 g/mol. The number of carbonyl (C=O) groups excluding carboxylic acids is 1. The molecule has 1 aliphatic rings. The molecule has 0 saturated carbocycles. The molecule has 2 N–H and O–H groups in total. The van der Waals surface area contributed by atoms with Gasteiger partial charge in [0.2, 0.25) is 17.7 Å². The summed E-state index contributed by atoms with van der Waals surface area (Å²) in [7, 11) is 0. The monoisotopic (exact) mass is 576 g/mol. The quantitative estimate of drug-likeness (QED) is 0.264. The number of aromatic nitrogens is 4. The molecular weight excluding hydrogens is 550 g/mol. The molecule has 1 aliphatic heterocycles. The van der Waals surface area contributed by atoms with Crippen molar-refractivity contribution in [2.75, 3.05) is 6.54 Å². The third kappa shape index (κ3) is 5.52. The molecular formula is C29H26F2N6O3S. The van der Waals surface area contributed by atoms with Gasteiger partial charge in [-0.2, -0.15) is 0 Å². The van der Waals surface area contributed by atoms with E-state index in [4.69, 9.17) is 14.6 Å². The highest BCUT2D eigenvalue weighted by Gasteiger charge is 2.39. The minimum atomic E-state index is -1.16. The molecule has 3 atom stereocenters. The van der Waals surface area contributed by atoms with E-state index in [1.807, 2.05) is 12.3 Å². The van der Waals surface area contributed by atoms with Gasteiger partial charge in [0.05, 0.1) is 24.3 Å². The average Bonchev–Trinajstić information content (AvgIpc) is 3.76. The highest BCUT2D eigenvalue weighted by Crippen LogP contribution is 2.37. The molecule has 5 aromatic rings. The Morgan fingerprint density at radius 2 is 1.93 bits per heavy atom. The van der Waals surface area contributed by atoms with Crippen LogP contribution in [0, 0.1) is 12.7 Å². The van der Waals surface area contributed by atoms with Crippen LogP contribution in [0.15, 0.2) is 69.1 Å². The van der Waals surface area contributed by atoms with Crippen LogP contribution in [0.4, 0.5) is 8.78 Å². The van der Waals surface area contributed by atoms with E-state index in [9.17, 15) is 13.6 Å². The molecule has 0 radical (unpaired) electrons. The van der Waals surface area contributed by atoms with Gasteiger partial charge in [0.15, 0.2) is 0 Å². The number of nitrogens with two attached hydrogens (primary N) is 1. The Kier molecular flexibility index (Phi) is 6.96. The van der Waals surface area contributed by atoms with E-state index >= 15 is 0 Å². The van der Waals surface area contributed by atoms with Gasteiger partial charge >= 0.3 is 0 Å². The van der Waals surface area contributed by atoms with Crippen molar-refractivity contribution in [2.24, 2.45) is 5.73 Å². The fraction of sp³-hybridized carbons (Fsp3) is 0.276. The van der Waals surface area contributed by atoms with Crippen LogP contribution in [0.1, 0.15) is 51.9 Å². The maximum atomic E-state index is 14.6. The van der Waals surface area contributed by atoms with Crippen LogP contribution in [0.3, 0.4) is 0 Å². The predicted octanol–water partition coefficient (Wildman–Crippen LogP) is 5.64. The summed E-state index contributed by atoms with van der Waals surface area (Å²) < 4.78 is 39.5. The molecule has 0 bridgehead atoms. The largest absolute Gasteiger partial charge is 0.445 e. The lowest BCUT2D eigenvalue weighted by Gasteiger charge is -2.23. The Labute approximate surface area is 238 Å². The molecule has 1 amide bonds. The van der Waals surface area contributed by atoms with Crippen molar-refractivity contribution < 1.29 is 22.4 Å². The second-order valence-electron chi connectivity index (χ2n) is 10.4. The first-order chi connectivity index (χ1) is 19.7. The number of amides is 1. The lowest BCUT2D eigenvalue weighted by Crippen LogP contribution is -2.35. The summed E-state index contributed by atoms with van der Waals surface area (Å²) in [5.74, 6) is -0.108. The molecule has 0 aliphatic carbocycles. The van der Waals surface area contributed by atoms with Crippen LogP contribution < -0.4 is 5.73 Å². The van der Waals surface area contributed by atoms with Gasteiger partial charge in [0.25, 0.3) is 5.91 Å². The number of halogens is 2. The highest BCUT2D eigenvalue weighted by molar-refractivity contribution is 7.09. The van der Waals surface area contributed by atoms with Crippen molar-refractivity contribution in [3.63, 3.8) is 0 Å². The molecule has 6 rings (SSSR count). The van der Waals surface area contributed by atoms with E-state index in [1.54, 1.807) is 37.3 Å². The lowest BCUT2D eigenvalue weighted by atomic mass is 9.94. The van der Waals surface area contributed by atoms with Crippen molar-refractivity contribution in [1.29, 1.82) is 0 Å². The number of hydrogen-bond acceptors (Lipinski definition) is 9. The van der Waals surface area contributed by atoms with Crippen LogP contribution in [0.2, 0.25) is 0 Å². The Morgan fingerprint density at radius 3 is 2.61 bits per heavy atom. The zero-order valence-electron chi connectivity index (χ0n) is 22.3. The number of oxazole rings is 1. The summed E-state index contributed by atoms with van der Waals surface area (Å²) in [6.45, 7) is 3.57. The second-order valence-corrected chi connectivity index (χ2v) is 11.3. The van der Waals surface area contributed by atoms with E-state index in [-0.39, 0.29) is 47.9 Å². The Morgan fingerprint density at radius 1 is 1.17 bits per heavy atom. The first-order valence-corrected chi connectivity index (χ1v) is 13.8. The van der Waals surface area contributed by atoms with E-state index < -0.39 is 17.8 Å². The van der Waals surface area contributed by atoms with E-state index in [2.05, 4.69) is 20.2 Å². The number of aryl methyl sites for hydroxylation is 1. The minimum absolute atomic E-state index is 0.0414. The Hall–Kier alpha value is -4.29. The SMILES string of the molecule is Cc1csc([C@H]2C[C@H](F)CN2C(=O)c2cc(-c3ncco3)cc(-c3nnc([C@](C)(N)Cc4ccc(F)cc4)o3)c2)n1. The van der Waals surface area contributed by atoms with Crippen molar-refractivity contribution in [1.82, 2.24) is 25.1 Å². The molecule has 12 heteroatoms. The van der Waals surface area contributed by atoms with E-state index in [1.165, 1.54) is 40.8 Å². The zero-order chi connectivity index (χ0) is 28.7. The lowest BCUT2D eigenvalue weighted by molar-refractivity contribution is 0.0728. The number of likely N-dealkylation sites (tertiary alicyclic amines) is 1. The molecule has 210 valence electrons. The second kappa shape index (κ2) is 10.6. The van der Waals surface area contributed by atoms with Gasteiger partial charge in [-0.1, -0.05) is 12.1 Å². The van der Waals surface area contributed by atoms with Gasteiger partial charge in [-0.05, 0) is 56.2 Å². The van der Waals surface area contributed by atoms with Gasteiger partial charge in [-0.3, -0.25) is 4.79 Å². The number of carbonyl (C=O) groups is 1. The van der Waals surface area contributed by atoms with Crippen LogP contribution >= 0.6 is 11.3 Å². The number of benzene rings is 2. The summed E-state index contributed by atoms with van der Waals surface area (Å²) in [5.41, 5.74) is 8.35. The predicted molar refractivity (Wildman–Crippen MR) is 147 cm³/mol. The first-order valence-electron chi connectivity index (χ1n) is 13.0. The molecule has 41 heavy (non-hydrogen) atoms. The first kappa shape index (κ1) is 26.9. The molecule has 3 aromatic heterocycles. The van der Waals surface area contributed by atoms with Crippen LogP contribution in [0.5, 0.6) is 0 Å². The Balaban J connectivity index is 1.34. The third-order valence-corrected chi connectivity index (χ3v) is 8.00. The molecule has 1 fully saturated rings.